The summed E-state index contributed by atoms with van der Waals surface area (Å²) in [6.07, 6.45) is 3.47. The number of unbranched alkanes of at least 4 members (excludes halogenated alkanes) is 1. The van der Waals surface area contributed by atoms with Crippen molar-refractivity contribution in [3.05, 3.63) is 29.3 Å². The summed E-state index contributed by atoms with van der Waals surface area (Å²) in [7, 11) is 0. The number of benzene rings is 1. The van der Waals surface area contributed by atoms with Crippen LogP contribution in [0.2, 0.25) is 0 Å². The van der Waals surface area contributed by atoms with Crippen LogP contribution >= 0.6 is 0 Å². The van der Waals surface area contributed by atoms with Crippen molar-refractivity contribution in [2.75, 3.05) is 13.1 Å². The van der Waals surface area contributed by atoms with Crippen LogP contribution in [0, 0.1) is 12.8 Å². The molecule has 1 N–H and O–H groups in total. The minimum Gasteiger partial charge on any atom is -0.508 e. The fourth-order valence-electron chi connectivity index (χ4n) is 3.05. The standard InChI is InChI=1S/C19H29NO3/c1-5-6-7-16-11-20(12-18(23-16)13(2)3)19(22)17-9-8-15(21)10-14(17)4/h8-10,13,16,18,21H,5-7,11-12H2,1-4H3/t16-,18-/m1/s1. The first-order valence-electron chi connectivity index (χ1n) is 8.66. The van der Waals surface area contributed by atoms with Crippen LogP contribution in [-0.4, -0.2) is 41.2 Å². The minimum atomic E-state index is 0.0398. The van der Waals surface area contributed by atoms with Crippen molar-refractivity contribution in [3.63, 3.8) is 0 Å². The number of carbonyl (C=O) groups is 1. The van der Waals surface area contributed by atoms with Crippen LogP contribution in [0.1, 0.15) is 56.0 Å². The lowest BCUT2D eigenvalue weighted by Gasteiger charge is -2.40. The maximum absolute atomic E-state index is 12.9. The lowest BCUT2D eigenvalue weighted by atomic mass is 10.0. The molecule has 23 heavy (non-hydrogen) atoms. The number of morpholine rings is 1. The van der Waals surface area contributed by atoms with Gasteiger partial charge in [0, 0.05) is 18.7 Å². The number of nitrogens with zero attached hydrogens (tertiary/aromatic N) is 1. The number of aryl methyl sites for hydroxylation is 1. The molecule has 4 heteroatoms. The highest BCUT2D eigenvalue weighted by Crippen LogP contribution is 2.24. The fourth-order valence-corrected chi connectivity index (χ4v) is 3.05. The molecule has 0 saturated carbocycles. The van der Waals surface area contributed by atoms with E-state index in [4.69, 9.17) is 4.74 Å². The van der Waals surface area contributed by atoms with E-state index in [0.717, 1.165) is 24.8 Å². The van der Waals surface area contributed by atoms with Gasteiger partial charge in [-0.15, -0.1) is 0 Å². The van der Waals surface area contributed by atoms with Gasteiger partial charge in [0.05, 0.1) is 12.2 Å². The first kappa shape index (κ1) is 17.8. The normalized spacial score (nSPS) is 21.7. The van der Waals surface area contributed by atoms with E-state index in [1.807, 2.05) is 11.8 Å². The Morgan fingerprint density at radius 2 is 2.13 bits per heavy atom. The van der Waals surface area contributed by atoms with Gasteiger partial charge in [-0.05, 0) is 43.0 Å². The number of aromatic hydroxyl groups is 1. The van der Waals surface area contributed by atoms with Crippen molar-refractivity contribution in [3.8, 4) is 5.75 Å². The molecular formula is C19H29NO3. The van der Waals surface area contributed by atoms with Crippen LogP contribution < -0.4 is 0 Å². The van der Waals surface area contributed by atoms with Crippen LogP contribution in [0.5, 0.6) is 5.75 Å². The third kappa shape index (κ3) is 4.47. The molecule has 1 aliphatic heterocycles. The number of phenolic OH excluding ortho intramolecular Hbond substituents is 1. The first-order chi connectivity index (χ1) is 10.9. The molecule has 2 atom stereocenters. The average Bonchev–Trinajstić information content (AvgIpc) is 2.52. The summed E-state index contributed by atoms with van der Waals surface area (Å²) in [5, 5.41) is 9.54. The Kier molecular flexibility index (Phi) is 6.05. The SMILES string of the molecule is CCCC[C@@H]1CN(C(=O)c2ccc(O)cc2C)C[C@H](C(C)C)O1. The van der Waals surface area contributed by atoms with Crippen molar-refractivity contribution in [2.45, 2.75) is 59.2 Å². The van der Waals surface area contributed by atoms with Gasteiger partial charge in [0.25, 0.3) is 5.91 Å². The fraction of sp³-hybridized carbons (Fsp3) is 0.632. The largest absolute Gasteiger partial charge is 0.508 e. The molecule has 1 aromatic carbocycles. The topological polar surface area (TPSA) is 49.8 Å². The summed E-state index contributed by atoms with van der Waals surface area (Å²) in [5.74, 6) is 0.621. The summed E-state index contributed by atoms with van der Waals surface area (Å²) in [4.78, 5) is 14.8. The molecule has 0 aromatic heterocycles. The van der Waals surface area contributed by atoms with Gasteiger partial charge < -0.3 is 14.7 Å². The predicted molar refractivity (Wildman–Crippen MR) is 91.8 cm³/mol. The maximum Gasteiger partial charge on any atom is 0.254 e. The third-order valence-corrected chi connectivity index (χ3v) is 4.54. The van der Waals surface area contributed by atoms with E-state index in [1.165, 1.54) is 0 Å². The molecule has 0 aliphatic carbocycles. The van der Waals surface area contributed by atoms with Crippen molar-refractivity contribution in [1.29, 1.82) is 0 Å². The van der Waals surface area contributed by atoms with Gasteiger partial charge in [0.15, 0.2) is 0 Å². The van der Waals surface area contributed by atoms with Crippen molar-refractivity contribution < 1.29 is 14.6 Å². The lowest BCUT2D eigenvalue weighted by molar-refractivity contribution is -0.0962. The van der Waals surface area contributed by atoms with E-state index < -0.39 is 0 Å². The summed E-state index contributed by atoms with van der Waals surface area (Å²) in [6, 6.07) is 4.94. The second-order valence-electron chi connectivity index (χ2n) is 6.89. The summed E-state index contributed by atoms with van der Waals surface area (Å²) >= 11 is 0. The number of ether oxygens (including phenoxy) is 1. The zero-order valence-corrected chi connectivity index (χ0v) is 14.7. The van der Waals surface area contributed by atoms with Gasteiger partial charge >= 0.3 is 0 Å². The van der Waals surface area contributed by atoms with Crippen LogP contribution in [0.25, 0.3) is 0 Å². The Morgan fingerprint density at radius 3 is 2.74 bits per heavy atom. The molecule has 1 aromatic rings. The second kappa shape index (κ2) is 7.82. The van der Waals surface area contributed by atoms with Crippen molar-refractivity contribution in [1.82, 2.24) is 4.90 Å². The summed E-state index contributed by atoms with van der Waals surface area (Å²) in [6.45, 7) is 9.61. The number of rotatable bonds is 5. The van der Waals surface area contributed by atoms with Gasteiger partial charge in [-0.3, -0.25) is 4.79 Å². The Morgan fingerprint density at radius 1 is 1.39 bits per heavy atom. The monoisotopic (exact) mass is 319 g/mol. The maximum atomic E-state index is 12.9. The highest BCUT2D eigenvalue weighted by atomic mass is 16.5. The number of carbonyl (C=O) groups excluding carboxylic acids is 1. The van der Waals surface area contributed by atoms with Gasteiger partial charge in [0.1, 0.15) is 5.75 Å². The highest BCUT2D eigenvalue weighted by Gasteiger charge is 2.32. The zero-order valence-electron chi connectivity index (χ0n) is 14.7. The van der Waals surface area contributed by atoms with E-state index in [9.17, 15) is 9.90 Å². The molecule has 0 radical (unpaired) electrons. The second-order valence-corrected chi connectivity index (χ2v) is 6.89. The van der Waals surface area contributed by atoms with Crippen LogP contribution in [-0.2, 0) is 4.74 Å². The van der Waals surface area contributed by atoms with E-state index in [1.54, 1.807) is 18.2 Å². The van der Waals surface area contributed by atoms with Crippen LogP contribution in [0.3, 0.4) is 0 Å². The smallest absolute Gasteiger partial charge is 0.254 e. The Hall–Kier alpha value is -1.55. The molecule has 1 heterocycles. The van der Waals surface area contributed by atoms with Crippen molar-refractivity contribution >= 4 is 5.91 Å². The molecule has 0 spiro atoms. The Balaban J connectivity index is 2.16. The number of hydrogen-bond acceptors (Lipinski definition) is 3. The van der Waals surface area contributed by atoms with Gasteiger partial charge in [-0.1, -0.05) is 33.6 Å². The van der Waals surface area contributed by atoms with Crippen LogP contribution in [0.4, 0.5) is 0 Å². The first-order valence-corrected chi connectivity index (χ1v) is 8.66. The van der Waals surface area contributed by atoms with E-state index >= 15 is 0 Å². The van der Waals surface area contributed by atoms with Gasteiger partial charge in [0.2, 0.25) is 0 Å². The van der Waals surface area contributed by atoms with E-state index in [2.05, 4.69) is 20.8 Å². The Bertz CT molecular complexity index is 541. The van der Waals surface area contributed by atoms with Gasteiger partial charge in [-0.2, -0.15) is 0 Å². The Labute approximate surface area is 139 Å². The molecule has 0 bridgehead atoms. The van der Waals surface area contributed by atoms with Crippen molar-refractivity contribution in [2.24, 2.45) is 5.92 Å². The number of phenols is 1. The lowest BCUT2D eigenvalue weighted by Crippen LogP contribution is -2.51. The summed E-state index contributed by atoms with van der Waals surface area (Å²) in [5.41, 5.74) is 1.48. The molecule has 1 saturated heterocycles. The third-order valence-electron chi connectivity index (χ3n) is 4.54. The molecule has 128 valence electrons. The summed E-state index contributed by atoms with van der Waals surface area (Å²) < 4.78 is 6.18. The van der Waals surface area contributed by atoms with Gasteiger partial charge in [-0.25, -0.2) is 0 Å². The molecule has 2 rings (SSSR count). The van der Waals surface area contributed by atoms with E-state index in [0.29, 0.717) is 24.6 Å². The molecular weight excluding hydrogens is 290 g/mol. The zero-order chi connectivity index (χ0) is 17.0. The van der Waals surface area contributed by atoms with E-state index in [-0.39, 0.29) is 23.9 Å². The minimum absolute atomic E-state index is 0.0398. The van der Waals surface area contributed by atoms with Crippen LogP contribution in [0.15, 0.2) is 18.2 Å². The quantitative estimate of drug-likeness (QED) is 0.899. The average molecular weight is 319 g/mol. The molecule has 1 amide bonds. The highest BCUT2D eigenvalue weighted by molar-refractivity contribution is 5.95. The molecule has 1 aliphatic rings. The molecule has 4 nitrogen and oxygen atoms in total. The number of hydrogen-bond donors (Lipinski definition) is 1. The number of amides is 1. The molecule has 1 fully saturated rings. The predicted octanol–water partition coefficient (Wildman–Crippen LogP) is 3.76. The molecule has 0 unspecified atom stereocenters.